The van der Waals surface area contributed by atoms with Gasteiger partial charge in [-0.3, -0.25) is 4.99 Å². The average molecular weight is 265 g/mol. The van der Waals surface area contributed by atoms with Gasteiger partial charge < -0.3 is 19.5 Å². The predicted molar refractivity (Wildman–Crippen MR) is 75.0 cm³/mol. The van der Waals surface area contributed by atoms with E-state index in [-0.39, 0.29) is 0 Å². The highest BCUT2D eigenvalue weighted by Gasteiger charge is 2.24. The van der Waals surface area contributed by atoms with Gasteiger partial charge in [0.1, 0.15) is 5.82 Å². The molecule has 1 atom stereocenters. The normalized spacial score (nSPS) is 20.1. The molecule has 0 spiro atoms. The van der Waals surface area contributed by atoms with E-state index in [0.717, 1.165) is 37.9 Å². The van der Waals surface area contributed by atoms with Crippen molar-refractivity contribution in [3.8, 4) is 0 Å². The molecule has 0 radical (unpaired) electrons. The summed E-state index contributed by atoms with van der Waals surface area (Å²) in [6, 6.07) is 0. The third-order valence-electron chi connectivity index (χ3n) is 3.53. The summed E-state index contributed by atoms with van der Waals surface area (Å²) in [7, 11) is 5.58. The first-order valence-electron chi connectivity index (χ1n) is 6.65. The molecular weight excluding hydrogens is 242 g/mol. The first kappa shape index (κ1) is 13.9. The lowest BCUT2D eigenvalue weighted by molar-refractivity contribution is 0.157. The highest BCUT2D eigenvalue weighted by atomic mass is 16.5. The van der Waals surface area contributed by atoms with Crippen LogP contribution in [0, 0.1) is 5.92 Å². The molecule has 106 valence electrons. The lowest BCUT2D eigenvalue weighted by Gasteiger charge is -2.21. The van der Waals surface area contributed by atoms with Crippen LogP contribution in [0.1, 0.15) is 12.2 Å². The van der Waals surface area contributed by atoms with E-state index in [0.29, 0.717) is 12.5 Å². The second-order valence-electron chi connectivity index (χ2n) is 4.91. The molecule has 1 aliphatic rings. The van der Waals surface area contributed by atoms with E-state index in [2.05, 4.69) is 20.2 Å². The Kier molecular flexibility index (Phi) is 4.79. The summed E-state index contributed by atoms with van der Waals surface area (Å²) in [5, 5.41) is 3.37. The van der Waals surface area contributed by atoms with Gasteiger partial charge in [0, 0.05) is 52.6 Å². The van der Waals surface area contributed by atoms with Crippen LogP contribution in [0.15, 0.2) is 17.4 Å². The number of nitrogens with zero attached hydrogens (tertiary/aromatic N) is 4. The number of guanidine groups is 1. The quantitative estimate of drug-likeness (QED) is 0.635. The number of aliphatic imine (C=N–C) groups is 1. The summed E-state index contributed by atoms with van der Waals surface area (Å²) in [4.78, 5) is 10.9. The van der Waals surface area contributed by atoms with Gasteiger partial charge >= 0.3 is 0 Å². The lowest BCUT2D eigenvalue weighted by atomic mass is 10.1. The zero-order chi connectivity index (χ0) is 13.7. The highest BCUT2D eigenvalue weighted by molar-refractivity contribution is 5.80. The molecule has 0 saturated carbocycles. The van der Waals surface area contributed by atoms with Crippen LogP contribution in [0.5, 0.6) is 0 Å². The van der Waals surface area contributed by atoms with Crippen molar-refractivity contribution < 1.29 is 4.74 Å². The van der Waals surface area contributed by atoms with Gasteiger partial charge in [0.2, 0.25) is 0 Å². The zero-order valence-corrected chi connectivity index (χ0v) is 12.0. The van der Waals surface area contributed by atoms with Crippen LogP contribution in [0.3, 0.4) is 0 Å². The highest BCUT2D eigenvalue weighted by Crippen LogP contribution is 2.16. The van der Waals surface area contributed by atoms with Crippen LogP contribution >= 0.6 is 0 Å². The molecule has 0 bridgehead atoms. The molecule has 1 aromatic heterocycles. The number of nitrogens with one attached hydrogen (secondary N) is 1. The van der Waals surface area contributed by atoms with Crippen LogP contribution in [0.2, 0.25) is 0 Å². The maximum absolute atomic E-state index is 5.22. The van der Waals surface area contributed by atoms with Crippen molar-refractivity contribution in [2.75, 3.05) is 33.9 Å². The smallest absolute Gasteiger partial charge is 0.194 e. The van der Waals surface area contributed by atoms with Crippen LogP contribution in [0.4, 0.5) is 0 Å². The van der Waals surface area contributed by atoms with Gasteiger partial charge in [0.25, 0.3) is 0 Å². The molecule has 0 aromatic carbocycles. The molecule has 0 aliphatic carbocycles. The summed E-state index contributed by atoms with van der Waals surface area (Å²) in [6.45, 7) is 3.57. The Morgan fingerprint density at radius 1 is 1.63 bits per heavy atom. The first-order chi connectivity index (χ1) is 9.24. The Hall–Kier alpha value is -1.56. The third kappa shape index (κ3) is 3.47. The van der Waals surface area contributed by atoms with E-state index in [4.69, 9.17) is 4.74 Å². The number of methoxy groups -OCH3 is 1. The van der Waals surface area contributed by atoms with E-state index in [9.17, 15) is 0 Å². The molecule has 2 rings (SSSR count). The Labute approximate surface area is 114 Å². The summed E-state index contributed by atoms with van der Waals surface area (Å²) in [5.74, 6) is 2.56. The van der Waals surface area contributed by atoms with Crippen molar-refractivity contribution >= 4 is 5.96 Å². The number of hydrogen-bond donors (Lipinski definition) is 1. The molecule has 2 heterocycles. The summed E-state index contributed by atoms with van der Waals surface area (Å²) < 4.78 is 7.23. The maximum atomic E-state index is 5.22. The predicted octanol–water partition coefficient (Wildman–Crippen LogP) is 0.464. The first-order valence-corrected chi connectivity index (χ1v) is 6.65. The molecule has 1 unspecified atom stereocenters. The topological polar surface area (TPSA) is 54.7 Å². The molecule has 6 nitrogen and oxygen atoms in total. The molecule has 1 N–H and O–H groups in total. The molecule has 1 aliphatic heterocycles. The number of aryl methyl sites for hydroxylation is 1. The summed E-state index contributed by atoms with van der Waals surface area (Å²) >= 11 is 0. The van der Waals surface area contributed by atoms with Crippen LogP contribution < -0.4 is 5.32 Å². The van der Waals surface area contributed by atoms with Gasteiger partial charge in [0.15, 0.2) is 5.96 Å². The van der Waals surface area contributed by atoms with Crippen LogP contribution in [-0.4, -0.2) is 54.3 Å². The molecule has 19 heavy (non-hydrogen) atoms. The number of ether oxygens (including phenoxy) is 1. The number of imidazole rings is 1. The zero-order valence-electron chi connectivity index (χ0n) is 12.0. The number of aromatic nitrogens is 2. The minimum atomic E-state index is 0.608. The fourth-order valence-corrected chi connectivity index (χ4v) is 2.45. The standard InChI is InChI=1S/C13H23N5O/c1-14-13(16-8-12-15-5-7-17(12)2)18-6-4-11(9-18)10-19-3/h5,7,11H,4,6,8-10H2,1-3H3,(H,14,16). The fraction of sp³-hybridized carbons (Fsp3) is 0.692. The molecular formula is C13H23N5O. The van der Waals surface area contributed by atoms with Crippen LogP contribution in [0.25, 0.3) is 0 Å². The fourth-order valence-electron chi connectivity index (χ4n) is 2.45. The third-order valence-corrected chi connectivity index (χ3v) is 3.53. The second-order valence-corrected chi connectivity index (χ2v) is 4.91. The summed E-state index contributed by atoms with van der Waals surface area (Å²) in [6.07, 6.45) is 4.92. The van der Waals surface area contributed by atoms with E-state index < -0.39 is 0 Å². The minimum Gasteiger partial charge on any atom is -0.384 e. The Morgan fingerprint density at radius 3 is 3.11 bits per heavy atom. The minimum absolute atomic E-state index is 0.608. The number of likely N-dealkylation sites (tertiary alicyclic amines) is 1. The van der Waals surface area contributed by atoms with Crippen molar-refractivity contribution in [1.82, 2.24) is 19.8 Å². The Balaban J connectivity index is 1.86. The molecule has 1 fully saturated rings. The van der Waals surface area contributed by atoms with Gasteiger partial charge in [-0.2, -0.15) is 0 Å². The van der Waals surface area contributed by atoms with Crippen molar-refractivity contribution in [1.29, 1.82) is 0 Å². The number of rotatable bonds is 4. The maximum Gasteiger partial charge on any atom is 0.194 e. The molecule has 0 amide bonds. The average Bonchev–Trinajstić information content (AvgIpc) is 3.01. The molecule has 1 saturated heterocycles. The van der Waals surface area contributed by atoms with Crippen molar-refractivity contribution in [3.05, 3.63) is 18.2 Å². The monoisotopic (exact) mass is 265 g/mol. The van der Waals surface area contributed by atoms with Crippen molar-refractivity contribution in [3.63, 3.8) is 0 Å². The Morgan fingerprint density at radius 2 is 2.47 bits per heavy atom. The van der Waals surface area contributed by atoms with E-state index >= 15 is 0 Å². The van der Waals surface area contributed by atoms with E-state index in [1.807, 2.05) is 31.1 Å². The SMILES string of the molecule is CN=C(NCc1nccn1C)N1CCC(COC)C1. The van der Waals surface area contributed by atoms with Gasteiger partial charge in [-0.25, -0.2) is 4.98 Å². The van der Waals surface area contributed by atoms with Crippen molar-refractivity contribution in [2.45, 2.75) is 13.0 Å². The van der Waals surface area contributed by atoms with E-state index in [1.54, 1.807) is 7.11 Å². The molecule has 6 heteroatoms. The van der Waals surface area contributed by atoms with E-state index in [1.165, 1.54) is 0 Å². The lowest BCUT2D eigenvalue weighted by Crippen LogP contribution is -2.40. The summed E-state index contributed by atoms with van der Waals surface area (Å²) in [5.41, 5.74) is 0. The van der Waals surface area contributed by atoms with Gasteiger partial charge in [0.05, 0.1) is 13.2 Å². The number of hydrogen-bond acceptors (Lipinski definition) is 3. The van der Waals surface area contributed by atoms with Crippen LogP contribution in [-0.2, 0) is 18.3 Å². The largest absolute Gasteiger partial charge is 0.384 e. The van der Waals surface area contributed by atoms with Gasteiger partial charge in [-0.15, -0.1) is 0 Å². The van der Waals surface area contributed by atoms with Gasteiger partial charge in [-0.1, -0.05) is 0 Å². The molecule has 1 aromatic rings. The second kappa shape index (κ2) is 6.56. The Bertz CT molecular complexity index is 428. The van der Waals surface area contributed by atoms with Crippen molar-refractivity contribution in [2.24, 2.45) is 18.0 Å². The van der Waals surface area contributed by atoms with Gasteiger partial charge in [-0.05, 0) is 6.42 Å².